The Balaban J connectivity index is 1.93. The fraction of sp³-hybridized carbons (Fsp3) is 0.118. The van der Waals surface area contributed by atoms with Crippen molar-refractivity contribution in [3.63, 3.8) is 0 Å². The third kappa shape index (κ3) is 2.78. The van der Waals surface area contributed by atoms with Gasteiger partial charge in [0.15, 0.2) is 6.04 Å². The number of benzene rings is 2. The molecule has 1 unspecified atom stereocenters. The molecule has 3 rings (SSSR count). The summed E-state index contributed by atoms with van der Waals surface area (Å²) in [5.74, 6) is -1.54. The standard InChI is InChI=1S/C17H15N3O3/c18-16(22)15-13-9-5-4-8-12(13)10-14(21)20(15)19-17(23)11-6-2-1-3-7-11/h1-9,15H,10H2,(H2,18,22)(H,19,23). The molecule has 1 heterocycles. The molecule has 116 valence electrons. The number of rotatable bonds is 3. The molecule has 0 aliphatic carbocycles. The van der Waals surface area contributed by atoms with Gasteiger partial charge in [0.1, 0.15) is 0 Å². The average Bonchev–Trinajstić information content (AvgIpc) is 2.55. The monoisotopic (exact) mass is 309 g/mol. The normalized spacial score (nSPS) is 16.6. The van der Waals surface area contributed by atoms with Crippen LogP contribution >= 0.6 is 0 Å². The first-order valence-corrected chi connectivity index (χ1v) is 7.13. The molecule has 3 amide bonds. The van der Waals surface area contributed by atoms with Gasteiger partial charge in [0.25, 0.3) is 5.91 Å². The minimum atomic E-state index is -1.01. The van der Waals surface area contributed by atoms with E-state index in [2.05, 4.69) is 5.43 Å². The lowest BCUT2D eigenvalue weighted by molar-refractivity contribution is -0.143. The van der Waals surface area contributed by atoms with Gasteiger partial charge in [-0.3, -0.25) is 19.8 Å². The number of carbonyl (C=O) groups is 3. The SMILES string of the molecule is NC(=O)C1c2ccccc2CC(=O)N1NC(=O)c1ccccc1. The van der Waals surface area contributed by atoms with Gasteiger partial charge in [-0.05, 0) is 23.3 Å². The van der Waals surface area contributed by atoms with Gasteiger partial charge in [-0.1, -0.05) is 42.5 Å². The summed E-state index contributed by atoms with van der Waals surface area (Å²) in [6.45, 7) is 0. The van der Waals surface area contributed by atoms with Crippen LogP contribution in [0, 0.1) is 0 Å². The third-order valence-corrected chi connectivity index (χ3v) is 3.75. The van der Waals surface area contributed by atoms with Crippen molar-refractivity contribution < 1.29 is 14.4 Å². The van der Waals surface area contributed by atoms with Crippen molar-refractivity contribution in [2.24, 2.45) is 5.73 Å². The third-order valence-electron chi connectivity index (χ3n) is 3.75. The second kappa shape index (κ2) is 5.92. The first-order chi connectivity index (χ1) is 11.1. The minimum absolute atomic E-state index is 0.106. The number of nitrogens with one attached hydrogen (secondary N) is 1. The second-order valence-corrected chi connectivity index (χ2v) is 5.25. The van der Waals surface area contributed by atoms with Gasteiger partial charge in [0, 0.05) is 5.56 Å². The van der Waals surface area contributed by atoms with E-state index in [1.165, 1.54) is 0 Å². The molecule has 1 aliphatic heterocycles. The Hall–Kier alpha value is -3.15. The van der Waals surface area contributed by atoms with Gasteiger partial charge in [0.05, 0.1) is 6.42 Å². The van der Waals surface area contributed by atoms with Crippen molar-refractivity contribution in [2.45, 2.75) is 12.5 Å². The Bertz CT molecular complexity index is 774. The first kappa shape index (κ1) is 14.8. The van der Waals surface area contributed by atoms with Crippen molar-refractivity contribution in [2.75, 3.05) is 0 Å². The second-order valence-electron chi connectivity index (χ2n) is 5.25. The molecule has 0 radical (unpaired) electrons. The summed E-state index contributed by atoms with van der Waals surface area (Å²) in [5.41, 5.74) is 9.73. The van der Waals surface area contributed by atoms with Gasteiger partial charge >= 0.3 is 0 Å². The summed E-state index contributed by atoms with van der Waals surface area (Å²) < 4.78 is 0. The lowest BCUT2D eigenvalue weighted by Crippen LogP contribution is -2.54. The van der Waals surface area contributed by atoms with Crippen LogP contribution in [0.4, 0.5) is 0 Å². The zero-order chi connectivity index (χ0) is 16.4. The van der Waals surface area contributed by atoms with Crippen molar-refractivity contribution in [1.82, 2.24) is 10.4 Å². The highest BCUT2D eigenvalue weighted by Crippen LogP contribution is 2.28. The number of nitrogens with two attached hydrogens (primary N) is 1. The van der Waals surface area contributed by atoms with Gasteiger partial charge in [0.2, 0.25) is 11.8 Å². The Morgan fingerprint density at radius 3 is 2.39 bits per heavy atom. The van der Waals surface area contributed by atoms with Crippen LogP contribution < -0.4 is 11.2 Å². The van der Waals surface area contributed by atoms with Crippen LogP contribution in [0.25, 0.3) is 0 Å². The maximum atomic E-state index is 12.3. The number of carbonyl (C=O) groups excluding carboxylic acids is 3. The largest absolute Gasteiger partial charge is 0.368 e. The molecular formula is C17H15N3O3. The Morgan fingerprint density at radius 2 is 1.70 bits per heavy atom. The molecule has 23 heavy (non-hydrogen) atoms. The molecule has 0 saturated carbocycles. The molecule has 0 bridgehead atoms. The molecule has 0 aromatic heterocycles. The number of nitrogens with zero attached hydrogens (tertiary/aromatic N) is 1. The minimum Gasteiger partial charge on any atom is -0.368 e. The van der Waals surface area contributed by atoms with E-state index in [1.54, 1.807) is 54.6 Å². The van der Waals surface area contributed by atoms with Gasteiger partial charge in [-0.25, -0.2) is 5.01 Å². The van der Waals surface area contributed by atoms with Crippen molar-refractivity contribution in [1.29, 1.82) is 0 Å². The molecule has 0 spiro atoms. The molecule has 1 atom stereocenters. The molecule has 1 aliphatic rings. The number of amides is 3. The topological polar surface area (TPSA) is 92.5 Å². The Morgan fingerprint density at radius 1 is 1.04 bits per heavy atom. The van der Waals surface area contributed by atoms with E-state index in [-0.39, 0.29) is 12.3 Å². The van der Waals surface area contributed by atoms with E-state index in [4.69, 9.17) is 5.73 Å². The van der Waals surface area contributed by atoms with Crippen LogP contribution in [0.15, 0.2) is 54.6 Å². The highest BCUT2D eigenvalue weighted by Gasteiger charge is 2.37. The fourth-order valence-electron chi connectivity index (χ4n) is 2.66. The zero-order valence-corrected chi connectivity index (χ0v) is 12.2. The first-order valence-electron chi connectivity index (χ1n) is 7.13. The van der Waals surface area contributed by atoms with Gasteiger partial charge in [-0.2, -0.15) is 0 Å². The molecule has 2 aromatic rings. The maximum Gasteiger partial charge on any atom is 0.269 e. The molecule has 6 heteroatoms. The quantitative estimate of drug-likeness (QED) is 0.884. The summed E-state index contributed by atoms with van der Waals surface area (Å²) in [4.78, 5) is 36.5. The average molecular weight is 309 g/mol. The van der Waals surface area contributed by atoms with Crippen LogP contribution in [0.1, 0.15) is 27.5 Å². The predicted octanol–water partition coefficient (Wildman–Crippen LogP) is 0.943. The highest BCUT2D eigenvalue weighted by atomic mass is 16.2. The van der Waals surface area contributed by atoms with Crippen LogP contribution in [0.5, 0.6) is 0 Å². The molecule has 3 N–H and O–H groups in total. The molecular weight excluding hydrogens is 294 g/mol. The van der Waals surface area contributed by atoms with Crippen LogP contribution in [0.2, 0.25) is 0 Å². The maximum absolute atomic E-state index is 12.3. The number of hydrogen-bond donors (Lipinski definition) is 2. The van der Waals surface area contributed by atoms with Gasteiger partial charge in [-0.15, -0.1) is 0 Å². The predicted molar refractivity (Wildman–Crippen MR) is 82.8 cm³/mol. The van der Waals surface area contributed by atoms with E-state index in [0.717, 1.165) is 10.6 Å². The lowest BCUT2D eigenvalue weighted by atomic mass is 9.93. The summed E-state index contributed by atoms with van der Waals surface area (Å²) >= 11 is 0. The summed E-state index contributed by atoms with van der Waals surface area (Å²) in [6, 6.07) is 14.5. The summed E-state index contributed by atoms with van der Waals surface area (Å²) in [6.07, 6.45) is 0.106. The molecule has 2 aromatic carbocycles. The number of hydrogen-bond acceptors (Lipinski definition) is 3. The Labute approximate surface area is 132 Å². The van der Waals surface area contributed by atoms with E-state index in [1.807, 2.05) is 0 Å². The number of hydrazine groups is 1. The lowest BCUT2D eigenvalue weighted by Gasteiger charge is -2.35. The van der Waals surface area contributed by atoms with E-state index in [9.17, 15) is 14.4 Å². The van der Waals surface area contributed by atoms with Crippen molar-refractivity contribution in [3.8, 4) is 0 Å². The number of primary amides is 1. The summed E-state index contributed by atoms with van der Waals surface area (Å²) in [7, 11) is 0. The van der Waals surface area contributed by atoms with Crippen LogP contribution in [-0.4, -0.2) is 22.7 Å². The molecule has 0 fully saturated rings. The van der Waals surface area contributed by atoms with Crippen LogP contribution in [-0.2, 0) is 16.0 Å². The van der Waals surface area contributed by atoms with Crippen molar-refractivity contribution >= 4 is 17.7 Å². The Kier molecular flexibility index (Phi) is 3.80. The highest BCUT2D eigenvalue weighted by molar-refractivity contribution is 5.98. The zero-order valence-electron chi connectivity index (χ0n) is 12.2. The summed E-state index contributed by atoms with van der Waals surface area (Å²) in [5, 5.41) is 1.03. The van der Waals surface area contributed by atoms with E-state index in [0.29, 0.717) is 11.1 Å². The number of fused-ring (bicyclic) bond motifs is 1. The fourth-order valence-corrected chi connectivity index (χ4v) is 2.66. The molecule has 0 saturated heterocycles. The smallest absolute Gasteiger partial charge is 0.269 e. The van der Waals surface area contributed by atoms with Crippen LogP contribution in [0.3, 0.4) is 0 Å². The van der Waals surface area contributed by atoms with Gasteiger partial charge < -0.3 is 5.73 Å². The molecule has 6 nitrogen and oxygen atoms in total. The van der Waals surface area contributed by atoms with E-state index < -0.39 is 17.9 Å². The van der Waals surface area contributed by atoms with E-state index >= 15 is 0 Å². The van der Waals surface area contributed by atoms with Crippen molar-refractivity contribution in [3.05, 3.63) is 71.3 Å².